The van der Waals surface area contributed by atoms with Crippen molar-refractivity contribution in [3.05, 3.63) is 53.9 Å². The standard InChI is InChI=1S/C15H16N2O4/c1-3-21-14(18)12-9-16-17(10-12)13(15(19)20-2)11-7-5-4-6-8-11/h4-10,13H,3H2,1-2H3. The van der Waals surface area contributed by atoms with E-state index in [0.29, 0.717) is 5.56 Å². The largest absolute Gasteiger partial charge is 0.467 e. The Morgan fingerprint density at radius 1 is 1.29 bits per heavy atom. The Kier molecular flexibility index (Phi) is 4.71. The maximum Gasteiger partial charge on any atom is 0.341 e. The zero-order valence-electron chi connectivity index (χ0n) is 11.9. The molecule has 0 spiro atoms. The molecule has 1 aromatic heterocycles. The summed E-state index contributed by atoms with van der Waals surface area (Å²) >= 11 is 0. The lowest BCUT2D eigenvalue weighted by Crippen LogP contribution is -2.22. The maximum absolute atomic E-state index is 12.0. The second kappa shape index (κ2) is 6.69. The average molecular weight is 288 g/mol. The van der Waals surface area contributed by atoms with Crippen LogP contribution in [0.2, 0.25) is 0 Å². The van der Waals surface area contributed by atoms with Crippen molar-refractivity contribution >= 4 is 11.9 Å². The number of methoxy groups -OCH3 is 1. The molecule has 0 saturated carbocycles. The van der Waals surface area contributed by atoms with Gasteiger partial charge in [0.2, 0.25) is 0 Å². The first-order valence-electron chi connectivity index (χ1n) is 6.51. The van der Waals surface area contributed by atoms with Gasteiger partial charge in [-0.15, -0.1) is 0 Å². The molecule has 21 heavy (non-hydrogen) atoms. The Balaban J connectivity index is 2.34. The first kappa shape index (κ1) is 14.8. The Morgan fingerprint density at radius 2 is 2.00 bits per heavy atom. The number of carbonyl (C=O) groups is 2. The van der Waals surface area contributed by atoms with E-state index in [1.165, 1.54) is 24.2 Å². The maximum atomic E-state index is 12.0. The number of carbonyl (C=O) groups excluding carboxylic acids is 2. The van der Waals surface area contributed by atoms with Gasteiger partial charge in [-0.2, -0.15) is 5.10 Å². The van der Waals surface area contributed by atoms with Crippen LogP contribution in [0.15, 0.2) is 42.7 Å². The molecule has 6 heteroatoms. The topological polar surface area (TPSA) is 70.4 Å². The lowest BCUT2D eigenvalue weighted by atomic mass is 10.1. The van der Waals surface area contributed by atoms with Gasteiger partial charge in [0.25, 0.3) is 0 Å². The van der Waals surface area contributed by atoms with Gasteiger partial charge in [-0.05, 0) is 12.5 Å². The summed E-state index contributed by atoms with van der Waals surface area (Å²) in [6, 6.07) is 8.35. The fourth-order valence-electron chi connectivity index (χ4n) is 1.94. The summed E-state index contributed by atoms with van der Waals surface area (Å²) in [6.07, 6.45) is 2.85. The van der Waals surface area contributed by atoms with Crippen LogP contribution in [0, 0.1) is 0 Å². The smallest absolute Gasteiger partial charge is 0.341 e. The molecule has 1 heterocycles. The van der Waals surface area contributed by atoms with Crippen LogP contribution in [-0.4, -0.2) is 35.4 Å². The summed E-state index contributed by atoms with van der Waals surface area (Å²) in [5.74, 6) is -0.930. The highest BCUT2D eigenvalue weighted by molar-refractivity contribution is 5.89. The predicted octanol–water partition coefficient (Wildman–Crippen LogP) is 1.82. The normalized spacial score (nSPS) is 11.7. The van der Waals surface area contributed by atoms with Gasteiger partial charge in [0.15, 0.2) is 6.04 Å². The van der Waals surface area contributed by atoms with Crippen LogP contribution in [0.5, 0.6) is 0 Å². The highest BCUT2D eigenvalue weighted by Gasteiger charge is 2.25. The molecule has 0 aliphatic carbocycles. The molecular formula is C15H16N2O4. The number of nitrogens with zero attached hydrogens (tertiary/aromatic N) is 2. The number of hydrogen-bond acceptors (Lipinski definition) is 5. The summed E-state index contributed by atoms with van der Waals surface area (Å²) < 4.78 is 11.1. The van der Waals surface area contributed by atoms with Crippen molar-refractivity contribution < 1.29 is 19.1 Å². The van der Waals surface area contributed by atoms with E-state index in [9.17, 15) is 9.59 Å². The van der Waals surface area contributed by atoms with E-state index < -0.39 is 18.0 Å². The molecule has 2 aromatic rings. The number of benzene rings is 1. The van der Waals surface area contributed by atoms with Gasteiger partial charge in [0.05, 0.1) is 25.5 Å². The van der Waals surface area contributed by atoms with Gasteiger partial charge in [0, 0.05) is 6.20 Å². The molecule has 0 fully saturated rings. The van der Waals surface area contributed by atoms with Crippen molar-refractivity contribution in [1.82, 2.24) is 9.78 Å². The van der Waals surface area contributed by atoms with Gasteiger partial charge in [-0.3, -0.25) is 4.68 Å². The molecule has 6 nitrogen and oxygen atoms in total. The second-order valence-electron chi connectivity index (χ2n) is 4.27. The van der Waals surface area contributed by atoms with Crippen molar-refractivity contribution in [2.75, 3.05) is 13.7 Å². The molecule has 2 rings (SSSR count). The van der Waals surface area contributed by atoms with Crippen LogP contribution in [-0.2, 0) is 14.3 Å². The summed E-state index contributed by atoms with van der Waals surface area (Å²) in [5.41, 5.74) is 1.02. The third kappa shape index (κ3) is 3.28. The molecule has 0 N–H and O–H groups in total. The van der Waals surface area contributed by atoms with Crippen molar-refractivity contribution in [2.45, 2.75) is 13.0 Å². The van der Waals surface area contributed by atoms with Crippen molar-refractivity contribution in [1.29, 1.82) is 0 Å². The summed E-state index contributed by atoms with van der Waals surface area (Å²) in [7, 11) is 1.31. The van der Waals surface area contributed by atoms with Gasteiger partial charge in [-0.1, -0.05) is 30.3 Å². The van der Waals surface area contributed by atoms with E-state index in [2.05, 4.69) is 5.10 Å². The fraction of sp³-hybridized carbons (Fsp3) is 0.267. The van der Waals surface area contributed by atoms with E-state index in [-0.39, 0.29) is 6.61 Å². The molecule has 0 aliphatic rings. The zero-order valence-corrected chi connectivity index (χ0v) is 11.9. The molecule has 110 valence electrons. The molecular weight excluding hydrogens is 272 g/mol. The van der Waals surface area contributed by atoms with Gasteiger partial charge >= 0.3 is 11.9 Å². The predicted molar refractivity (Wildman–Crippen MR) is 74.8 cm³/mol. The van der Waals surface area contributed by atoms with E-state index in [4.69, 9.17) is 9.47 Å². The zero-order chi connectivity index (χ0) is 15.2. The highest BCUT2D eigenvalue weighted by atomic mass is 16.5. The number of esters is 2. The summed E-state index contributed by atoms with van der Waals surface area (Å²) in [6.45, 7) is 2.01. The SMILES string of the molecule is CCOC(=O)c1cnn(C(C(=O)OC)c2ccccc2)c1. The number of rotatable bonds is 5. The third-order valence-electron chi connectivity index (χ3n) is 2.92. The number of ether oxygens (including phenoxy) is 2. The Hall–Kier alpha value is -2.63. The van der Waals surface area contributed by atoms with Gasteiger partial charge < -0.3 is 9.47 Å². The first-order chi connectivity index (χ1) is 10.2. The van der Waals surface area contributed by atoms with Gasteiger partial charge in [0.1, 0.15) is 0 Å². The van der Waals surface area contributed by atoms with Crippen LogP contribution in [0.4, 0.5) is 0 Å². The van der Waals surface area contributed by atoms with E-state index in [1.54, 1.807) is 19.1 Å². The van der Waals surface area contributed by atoms with Crippen molar-refractivity contribution in [3.8, 4) is 0 Å². The third-order valence-corrected chi connectivity index (χ3v) is 2.92. The lowest BCUT2D eigenvalue weighted by Gasteiger charge is -2.15. The quantitative estimate of drug-likeness (QED) is 0.785. The summed E-state index contributed by atoms with van der Waals surface area (Å²) in [4.78, 5) is 23.7. The molecule has 0 amide bonds. The molecule has 0 radical (unpaired) electrons. The summed E-state index contributed by atoms with van der Waals surface area (Å²) in [5, 5.41) is 4.08. The monoisotopic (exact) mass is 288 g/mol. The first-order valence-corrected chi connectivity index (χ1v) is 6.51. The fourth-order valence-corrected chi connectivity index (χ4v) is 1.94. The highest BCUT2D eigenvalue weighted by Crippen LogP contribution is 2.19. The van der Waals surface area contributed by atoms with Crippen LogP contribution in [0.3, 0.4) is 0 Å². The van der Waals surface area contributed by atoms with E-state index in [1.807, 2.05) is 18.2 Å². The number of hydrogen-bond donors (Lipinski definition) is 0. The molecule has 0 aliphatic heterocycles. The Bertz CT molecular complexity index is 622. The minimum atomic E-state index is -0.737. The van der Waals surface area contributed by atoms with Crippen LogP contribution < -0.4 is 0 Å². The average Bonchev–Trinajstić information content (AvgIpc) is 2.98. The van der Waals surface area contributed by atoms with E-state index >= 15 is 0 Å². The molecule has 1 atom stereocenters. The minimum absolute atomic E-state index is 0.281. The molecule has 1 unspecified atom stereocenters. The Labute approximate surface area is 122 Å². The van der Waals surface area contributed by atoms with Crippen LogP contribution in [0.25, 0.3) is 0 Å². The van der Waals surface area contributed by atoms with Crippen LogP contribution in [0.1, 0.15) is 28.9 Å². The minimum Gasteiger partial charge on any atom is -0.467 e. The molecule has 1 aromatic carbocycles. The van der Waals surface area contributed by atoms with Crippen LogP contribution >= 0.6 is 0 Å². The lowest BCUT2D eigenvalue weighted by molar-refractivity contribution is -0.143. The van der Waals surface area contributed by atoms with Crippen molar-refractivity contribution in [3.63, 3.8) is 0 Å². The molecule has 0 bridgehead atoms. The Morgan fingerprint density at radius 3 is 2.62 bits per heavy atom. The molecule has 0 saturated heterocycles. The van der Waals surface area contributed by atoms with Crippen molar-refractivity contribution in [2.24, 2.45) is 0 Å². The van der Waals surface area contributed by atoms with Gasteiger partial charge in [-0.25, -0.2) is 9.59 Å². The van der Waals surface area contributed by atoms with E-state index in [0.717, 1.165) is 5.56 Å². The second-order valence-corrected chi connectivity index (χ2v) is 4.27. The number of aromatic nitrogens is 2.